The number of aliphatic imine (C=N–C) groups is 1. The molecule has 0 amide bonds. The van der Waals surface area contributed by atoms with Crippen molar-refractivity contribution in [2.45, 2.75) is 30.9 Å². The average Bonchev–Trinajstić information content (AvgIpc) is 2.99. The minimum absolute atomic E-state index is 0.230. The van der Waals surface area contributed by atoms with E-state index in [0.29, 0.717) is 10.9 Å². The second kappa shape index (κ2) is 9.03. The highest BCUT2D eigenvalue weighted by molar-refractivity contribution is 7.91. The zero-order valence-electron chi connectivity index (χ0n) is 14.1. The number of halogens is 1. The number of nitrogens with zero attached hydrogens (tertiary/aromatic N) is 2. The first kappa shape index (κ1) is 19.5. The first-order chi connectivity index (χ1) is 11.4. The van der Waals surface area contributed by atoms with Gasteiger partial charge in [-0.15, -0.1) is 11.3 Å². The summed E-state index contributed by atoms with van der Waals surface area (Å²) in [5, 5.41) is 3.28. The fraction of sp³-hybridized carbons (Fsp3) is 0.667. The maximum atomic E-state index is 12.1. The van der Waals surface area contributed by atoms with Crippen LogP contribution in [-0.2, 0) is 10.0 Å². The Morgan fingerprint density at radius 3 is 2.71 bits per heavy atom. The summed E-state index contributed by atoms with van der Waals surface area (Å²) in [5.74, 6) is 1.62. The summed E-state index contributed by atoms with van der Waals surface area (Å²) in [4.78, 5) is 6.79. The Bertz CT molecular complexity index is 652. The molecule has 1 saturated heterocycles. The molecule has 1 aromatic rings. The molecule has 2 N–H and O–H groups in total. The normalized spacial score (nSPS) is 17.3. The fourth-order valence-corrected chi connectivity index (χ4v) is 5.05. The maximum absolute atomic E-state index is 12.1. The van der Waals surface area contributed by atoms with Gasteiger partial charge in [0.1, 0.15) is 4.21 Å². The Balaban J connectivity index is 1.88. The van der Waals surface area contributed by atoms with Gasteiger partial charge < -0.3 is 10.2 Å². The lowest BCUT2D eigenvalue weighted by molar-refractivity contribution is 0.273. The highest BCUT2D eigenvalue weighted by Gasteiger charge is 2.19. The molecule has 1 aromatic heterocycles. The van der Waals surface area contributed by atoms with Gasteiger partial charge in [-0.25, -0.2) is 13.1 Å². The third kappa shape index (κ3) is 5.61. The van der Waals surface area contributed by atoms with Crippen LogP contribution in [0.15, 0.2) is 21.3 Å². The van der Waals surface area contributed by atoms with Crippen molar-refractivity contribution in [2.75, 3.05) is 32.7 Å². The predicted octanol–water partition coefficient (Wildman–Crippen LogP) is 2.38. The van der Waals surface area contributed by atoms with Gasteiger partial charge in [0.2, 0.25) is 10.0 Å². The van der Waals surface area contributed by atoms with Crippen LogP contribution >= 0.6 is 22.9 Å². The smallest absolute Gasteiger partial charge is 0.250 e. The van der Waals surface area contributed by atoms with Gasteiger partial charge in [0, 0.05) is 26.2 Å². The van der Waals surface area contributed by atoms with Crippen molar-refractivity contribution >= 4 is 38.9 Å². The molecule has 1 fully saturated rings. The van der Waals surface area contributed by atoms with Crippen LogP contribution in [0.2, 0.25) is 4.34 Å². The van der Waals surface area contributed by atoms with Crippen molar-refractivity contribution in [1.82, 2.24) is 14.9 Å². The molecular formula is C15H25ClN4O2S2. The molecule has 2 rings (SSSR count). The van der Waals surface area contributed by atoms with Crippen LogP contribution in [-0.4, -0.2) is 52.0 Å². The number of guanidine groups is 1. The highest BCUT2D eigenvalue weighted by atomic mass is 35.5. The highest BCUT2D eigenvalue weighted by Crippen LogP contribution is 2.25. The van der Waals surface area contributed by atoms with Gasteiger partial charge in [0.25, 0.3) is 0 Å². The lowest BCUT2D eigenvalue weighted by atomic mass is 10.00. The second-order valence-electron chi connectivity index (χ2n) is 5.86. The van der Waals surface area contributed by atoms with Crippen molar-refractivity contribution < 1.29 is 8.42 Å². The zero-order chi connectivity index (χ0) is 17.6. The molecule has 9 heteroatoms. The SMILES string of the molecule is CCNC(=NCCNS(=O)(=O)c1ccc(Cl)s1)N1CCC(C)CC1. The first-order valence-electron chi connectivity index (χ1n) is 8.20. The number of likely N-dealkylation sites (tertiary alicyclic amines) is 1. The van der Waals surface area contributed by atoms with Crippen LogP contribution in [0, 0.1) is 5.92 Å². The number of sulfonamides is 1. The summed E-state index contributed by atoms with van der Waals surface area (Å²) in [6, 6.07) is 3.09. The Morgan fingerprint density at radius 1 is 1.42 bits per heavy atom. The van der Waals surface area contributed by atoms with Crippen LogP contribution in [0.4, 0.5) is 0 Å². The van der Waals surface area contributed by atoms with Gasteiger partial charge in [-0.1, -0.05) is 18.5 Å². The quantitative estimate of drug-likeness (QED) is 0.443. The van der Waals surface area contributed by atoms with Crippen LogP contribution < -0.4 is 10.0 Å². The molecule has 1 aliphatic rings. The molecule has 0 atom stereocenters. The van der Waals surface area contributed by atoms with Crippen molar-refractivity contribution in [2.24, 2.45) is 10.9 Å². The minimum Gasteiger partial charge on any atom is -0.357 e. The van der Waals surface area contributed by atoms with Crippen LogP contribution in [0.1, 0.15) is 26.7 Å². The maximum Gasteiger partial charge on any atom is 0.250 e. The van der Waals surface area contributed by atoms with E-state index in [9.17, 15) is 8.42 Å². The third-order valence-electron chi connectivity index (χ3n) is 3.90. The second-order valence-corrected chi connectivity index (χ2v) is 9.57. The molecule has 0 spiro atoms. The summed E-state index contributed by atoms with van der Waals surface area (Å²) in [6.45, 7) is 7.74. The lowest BCUT2D eigenvalue weighted by Gasteiger charge is -2.33. The summed E-state index contributed by atoms with van der Waals surface area (Å²) in [7, 11) is -3.50. The fourth-order valence-electron chi connectivity index (χ4n) is 2.50. The third-order valence-corrected chi connectivity index (χ3v) is 7.08. The van der Waals surface area contributed by atoms with E-state index in [4.69, 9.17) is 11.6 Å². The Kier molecular flexibility index (Phi) is 7.34. The number of piperidine rings is 1. The predicted molar refractivity (Wildman–Crippen MR) is 100 cm³/mol. The summed E-state index contributed by atoms with van der Waals surface area (Å²) < 4.78 is 27.5. The van der Waals surface area contributed by atoms with E-state index in [1.165, 1.54) is 6.07 Å². The lowest BCUT2D eigenvalue weighted by Crippen LogP contribution is -2.45. The van der Waals surface area contributed by atoms with Crippen LogP contribution in [0.3, 0.4) is 0 Å². The Labute approximate surface area is 153 Å². The molecule has 2 heterocycles. The molecule has 0 bridgehead atoms. The zero-order valence-corrected chi connectivity index (χ0v) is 16.5. The van der Waals surface area contributed by atoms with E-state index in [2.05, 4.69) is 26.9 Å². The molecule has 0 saturated carbocycles. The molecule has 24 heavy (non-hydrogen) atoms. The molecule has 136 valence electrons. The topological polar surface area (TPSA) is 73.8 Å². The van der Waals surface area contributed by atoms with Gasteiger partial charge >= 0.3 is 0 Å². The minimum atomic E-state index is -3.50. The number of thiophene rings is 1. The number of hydrogen-bond donors (Lipinski definition) is 2. The molecule has 0 aliphatic carbocycles. The molecule has 0 aromatic carbocycles. The monoisotopic (exact) mass is 392 g/mol. The molecule has 1 aliphatic heterocycles. The largest absolute Gasteiger partial charge is 0.357 e. The average molecular weight is 393 g/mol. The van der Waals surface area contributed by atoms with Crippen molar-refractivity contribution in [3.05, 3.63) is 16.5 Å². The van der Waals surface area contributed by atoms with Crippen LogP contribution in [0.5, 0.6) is 0 Å². The Morgan fingerprint density at radius 2 is 2.12 bits per heavy atom. The van der Waals surface area contributed by atoms with Gasteiger partial charge in [-0.05, 0) is 37.8 Å². The van der Waals surface area contributed by atoms with Crippen molar-refractivity contribution in [1.29, 1.82) is 0 Å². The molecule has 6 nitrogen and oxygen atoms in total. The number of rotatable bonds is 6. The van der Waals surface area contributed by atoms with E-state index in [1.807, 2.05) is 6.92 Å². The van der Waals surface area contributed by atoms with E-state index in [-0.39, 0.29) is 10.8 Å². The van der Waals surface area contributed by atoms with Crippen molar-refractivity contribution in [3.63, 3.8) is 0 Å². The van der Waals surface area contributed by atoms with Crippen molar-refractivity contribution in [3.8, 4) is 0 Å². The van der Waals surface area contributed by atoms with Crippen LogP contribution in [0.25, 0.3) is 0 Å². The molecule has 0 unspecified atom stereocenters. The van der Waals surface area contributed by atoms with Gasteiger partial charge in [0.05, 0.1) is 10.9 Å². The molecule has 0 radical (unpaired) electrons. The van der Waals surface area contributed by atoms with E-state index in [0.717, 1.165) is 55.7 Å². The number of hydrogen-bond acceptors (Lipinski definition) is 4. The van der Waals surface area contributed by atoms with E-state index in [1.54, 1.807) is 6.07 Å². The van der Waals surface area contributed by atoms with Gasteiger partial charge in [-0.2, -0.15) is 0 Å². The van der Waals surface area contributed by atoms with Gasteiger partial charge in [0.15, 0.2) is 5.96 Å². The van der Waals surface area contributed by atoms with E-state index >= 15 is 0 Å². The number of nitrogens with one attached hydrogen (secondary N) is 2. The molecular weight excluding hydrogens is 368 g/mol. The Hall–Kier alpha value is -0.830. The summed E-state index contributed by atoms with van der Waals surface area (Å²) in [6.07, 6.45) is 2.33. The standard InChI is InChI=1S/C15H25ClN4O2S2/c1-3-17-15(20-10-6-12(2)7-11-20)18-8-9-19-24(21,22)14-5-4-13(16)23-14/h4-5,12,19H,3,6-11H2,1-2H3,(H,17,18). The first-order valence-corrected chi connectivity index (χ1v) is 10.9. The van der Waals surface area contributed by atoms with E-state index < -0.39 is 10.0 Å². The summed E-state index contributed by atoms with van der Waals surface area (Å²) >= 11 is 6.84. The van der Waals surface area contributed by atoms with Gasteiger partial charge in [-0.3, -0.25) is 4.99 Å². The summed E-state index contributed by atoms with van der Waals surface area (Å²) in [5.41, 5.74) is 0.